The molecule has 1 fully saturated rings. The zero-order valence-electron chi connectivity index (χ0n) is 22.7. The predicted octanol–water partition coefficient (Wildman–Crippen LogP) is 7.56. The van der Waals surface area contributed by atoms with Gasteiger partial charge in [-0.15, -0.1) is 0 Å². The highest BCUT2D eigenvalue weighted by Crippen LogP contribution is 2.61. The number of ether oxygens (including phenoxy) is 1. The summed E-state index contributed by atoms with van der Waals surface area (Å²) in [5, 5.41) is 0. The van der Waals surface area contributed by atoms with Crippen LogP contribution in [0.4, 0.5) is 5.69 Å². The molecule has 0 N–H and O–H groups in total. The van der Waals surface area contributed by atoms with Gasteiger partial charge in [-0.1, -0.05) is 82.5 Å². The van der Waals surface area contributed by atoms with Gasteiger partial charge in [-0.2, -0.15) is 0 Å². The topological polar surface area (TPSA) is 46.6 Å². The number of anilines is 1. The van der Waals surface area contributed by atoms with Crippen LogP contribution in [0.3, 0.4) is 0 Å². The maximum Gasteiger partial charge on any atom is 0.238 e. The minimum atomic E-state index is -0.364. The summed E-state index contributed by atoms with van der Waals surface area (Å²) in [6, 6.07) is 22.7. The fraction of sp³-hybridized carbons (Fsp3) is 0.412. The Kier molecular flexibility index (Phi) is 6.59. The molecule has 3 aromatic carbocycles. The Hall–Kier alpha value is -3.40. The molecule has 5 atom stereocenters. The summed E-state index contributed by atoms with van der Waals surface area (Å²) in [4.78, 5) is 29.5. The molecule has 4 aliphatic rings. The van der Waals surface area contributed by atoms with E-state index in [0.717, 1.165) is 18.6 Å². The third-order valence-corrected chi connectivity index (χ3v) is 9.11. The first-order valence-corrected chi connectivity index (χ1v) is 14.4. The number of imide groups is 1. The number of unbranched alkanes of at least 4 members (excludes halogenated alkanes) is 3. The number of amides is 2. The van der Waals surface area contributed by atoms with Crippen molar-refractivity contribution in [3.8, 4) is 5.75 Å². The largest absolute Gasteiger partial charge is 0.494 e. The zero-order valence-corrected chi connectivity index (χ0v) is 22.7. The van der Waals surface area contributed by atoms with E-state index in [1.165, 1.54) is 52.0 Å². The van der Waals surface area contributed by atoms with E-state index in [2.05, 4.69) is 63.2 Å². The molecule has 1 heterocycles. The average Bonchev–Trinajstić information content (AvgIpc) is 3.22. The van der Waals surface area contributed by atoms with Gasteiger partial charge in [0.1, 0.15) is 5.75 Å². The number of carbonyl (C=O) groups excluding carboxylic acids is 2. The Morgan fingerprint density at radius 3 is 2.03 bits per heavy atom. The Labute approximate surface area is 226 Å². The number of hydrogen-bond donors (Lipinski definition) is 0. The SMILES string of the molecule is CCCCCCOc1ccc(N2C(=O)C3C4c5ccccc5C(c5cc(C(C)CC)ccc54)C3C2=O)cc1. The van der Waals surface area contributed by atoms with Crippen LogP contribution in [0.2, 0.25) is 0 Å². The van der Waals surface area contributed by atoms with Crippen LogP contribution in [0.1, 0.15) is 98.4 Å². The second-order valence-electron chi connectivity index (χ2n) is 11.2. The van der Waals surface area contributed by atoms with E-state index in [1.54, 1.807) is 0 Å². The van der Waals surface area contributed by atoms with Crippen LogP contribution in [0.25, 0.3) is 0 Å². The first-order chi connectivity index (χ1) is 18.5. The first kappa shape index (κ1) is 24.9. The maximum atomic E-state index is 14.1. The van der Waals surface area contributed by atoms with Gasteiger partial charge in [0, 0.05) is 11.8 Å². The smallest absolute Gasteiger partial charge is 0.238 e. The monoisotopic (exact) mass is 507 g/mol. The first-order valence-electron chi connectivity index (χ1n) is 14.4. The molecule has 0 saturated carbocycles. The predicted molar refractivity (Wildman–Crippen MR) is 151 cm³/mol. The minimum Gasteiger partial charge on any atom is -0.494 e. The fourth-order valence-electron chi connectivity index (χ4n) is 6.95. The lowest BCUT2D eigenvalue weighted by Gasteiger charge is -2.46. The molecule has 7 rings (SSSR count). The molecule has 1 aliphatic heterocycles. The van der Waals surface area contributed by atoms with E-state index in [9.17, 15) is 9.59 Å². The highest BCUT2D eigenvalue weighted by Gasteiger charge is 2.61. The second-order valence-corrected chi connectivity index (χ2v) is 11.2. The molecule has 0 spiro atoms. The van der Waals surface area contributed by atoms with E-state index < -0.39 is 0 Å². The molecule has 2 bridgehead atoms. The molecular weight excluding hydrogens is 470 g/mol. The molecule has 38 heavy (non-hydrogen) atoms. The van der Waals surface area contributed by atoms with Gasteiger partial charge in [0.25, 0.3) is 0 Å². The number of hydrogen-bond acceptors (Lipinski definition) is 3. The number of carbonyl (C=O) groups is 2. The Morgan fingerprint density at radius 2 is 1.39 bits per heavy atom. The van der Waals surface area contributed by atoms with Crippen molar-refractivity contribution in [1.82, 2.24) is 0 Å². The van der Waals surface area contributed by atoms with E-state index in [-0.39, 0.29) is 35.5 Å². The van der Waals surface area contributed by atoms with Crippen molar-refractivity contribution >= 4 is 17.5 Å². The highest BCUT2D eigenvalue weighted by atomic mass is 16.5. The molecule has 3 aromatic rings. The second kappa shape index (κ2) is 10.1. The summed E-state index contributed by atoms with van der Waals surface area (Å²) in [6.45, 7) is 7.35. The molecular formula is C34H37NO3. The maximum absolute atomic E-state index is 14.1. The molecule has 196 valence electrons. The van der Waals surface area contributed by atoms with Gasteiger partial charge in [-0.3, -0.25) is 9.59 Å². The van der Waals surface area contributed by atoms with Crippen LogP contribution in [0.5, 0.6) is 5.75 Å². The van der Waals surface area contributed by atoms with Gasteiger partial charge in [-0.25, -0.2) is 4.90 Å². The molecule has 1 saturated heterocycles. The lowest BCUT2D eigenvalue weighted by Crippen LogP contribution is -2.41. The number of benzene rings is 3. The molecule has 0 radical (unpaired) electrons. The van der Waals surface area contributed by atoms with Crippen molar-refractivity contribution in [2.75, 3.05) is 11.5 Å². The van der Waals surface area contributed by atoms with E-state index in [4.69, 9.17) is 4.74 Å². The van der Waals surface area contributed by atoms with Crippen LogP contribution >= 0.6 is 0 Å². The molecule has 4 heteroatoms. The van der Waals surface area contributed by atoms with Gasteiger partial charge in [0.2, 0.25) is 11.8 Å². The van der Waals surface area contributed by atoms with Gasteiger partial charge < -0.3 is 4.74 Å². The van der Waals surface area contributed by atoms with Crippen molar-refractivity contribution < 1.29 is 14.3 Å². The van der Waals surface area contributed by atoms with Crippen LogP contribution in [-0.4, -0.2) is 18.4 Å². The Bertz CT molecular complexity index is 1360. The summed E-state index contributed by atoms with van der Waals surface area (Å²) in [7, 11) is 0. The lowest BCUT2D eigenvalue weighted by molar-refractivity contribution is -0.122. The van der Waals surface area contributed by atoms with Crippen LogP contribution in [0.15, 0.2) is 66.7 Å². The van der Waals surface area contributed by atoms with Crippen molar-refractivity contribution in [3.05, 3.63) is 94.5 Å². The Balaban J connectivity index is 1.33. The summed E-state index contributed by atoms with van der Waals surface area (Å²) in [5.41, 5.74) is 6.83. The van der Waals surface area contributed by atoms with Gasteiger partial charge in [0.05, 0.1) is 24.1 Å². The summed E-state index contributed by atoms with van der Waals surface area (Å²) in [6.07, 6.45) is 5.69. The van der Waals surface area contributed by atoms with Crippen molar-refractivity contribution in [2.45, 2.75) is 70.6 Å². The van der Waals surface area contributed by atoms with Crippen molar-refractivity contribution in [2.24, 2.45) is 11.8 Å². The summed E-state index contributed by atoms with van der Waals surface area (Å²) < 4.78 is 5.90. The Morgan fingerprint density at radius 1 is 0.763 bits per heavy atom. The molecule has 3 aliphatic carbocycles. The summed E-state index contributed by atoms with van der Waals surface area (Å²) >= 11 is 0. The molecule has 4 nitrogen and oxygen atoms in total. The van der Waals surface area contributed by atoms with Gasteiger partial charge in [-0.05, 0) is 70.8 Å². The lowest BCUT2D eigenvalue weighted by atomic mass is 9.54. The normalized spacial score (nSPS) is 23.7. The summed E-state index contributed by atoms with van der Waals surface area (Å²) in [5.74, 6) is 0.180. The standard InChI is InChI=1S/C34H37NO3/c1-4-6-7-10-19-38-24-16-14-23(15-17-24)35-33(36)31-29-25-11-8-9-12-26(25)30(32(31)34(35)37)28-20-22(21(3)5-2)13-18-27(28)29/h8-9,11-18,20-21,29-32H,4-7,10,19H2,1-3H3. The van der Waals surface area contributed by atoms with E-state index in [1.807, 2.05) is 24.3 Å². The van der Waals surface area contributed by atoms with Crippen LogP contribution < -0.4 is 9.64 Å². The minimum absolute atomic E-state index is 0.0719. The van der Waals surface area contributed by atoms with E-state index in [0.29, 0.717) is 18.2 Å². The van der Waals surface area contributed by atoms with Crippen molar-refractivity contribution in [3.63, 3.8) is 0 Å². The van der Waals surface area contributed by atoms with Crippen molar-refractivity contribution in [1.29, 1.82) is 0 Å². The number of nitrogens with zero attached hydrogens (tertiary/aromatic N) is 1. The highest BCUT2D eigenvalue weighted by molar-refractivity contribution is 6.23. The van der Waals surface area contributed by atoms with Crippen LogP contribution in [-0.2, 0) is 9.59 Å². The number of rotatable bonds is 9. The third-order valence-electron chi connectivity index (χ3n) is 9.11. The average molecular weight is 508 g/mol. The molecule has 2 amide bonds. The molecule has 5 unspecified atom stereocenters. The molecule has 0 aromatic heterocycles. The quantitative estimate of drug-likeness (QED) is 0.222. The van der Waals surface area contributed by atoms with Gasteiger partial charge in [0.15, 0.2) is 0 Å². The van der Waals surface area contributed by atoms with Gasteiger partial charge >= 0.3 is 0 Å². The van der Waals surface area contributed by atoms with Crippen LogP contribution in [0, 0.1) is 11.8 Å². The third kappa shape index (κ3) is 3.88. The van der Waals surface area contributed by atoms with E-state index >= 15 is 0 Å². The fourth-order valence-corrected chi connectivity index (χ4v) is 6.95. The zero-order chi connectivity index (χ0) is 26.4.